The van der Waals surface area contributed by atoms with E-state index in [0.717, 1.165) is 48.5 Å². The zero-order chi connectivity index (χ0) is 22.8. The van der Waals surface area contributed by atoms with Gasteiger partial charge in [0, 0.05) is 38.0 Å². The van der Waals surface area contributed by atoms with Crippen LogP contribution in [0.25, 0.3) is 22.6 Å². The van der Waals surface area contributed by atoms with Crippen molar-refractivity contribution >= 4 is 28.6 Å². The molecule has 3 aromatic heterocycles. The molecule has 10 nitrogen and oxygen atoms in total. The van der Waals surface area contributed by atoms with Crippen LogP contribution in [0.2, 0.25) is 0 Å². The van der Waals surface area contributed by atoms with E-state index in [1.54, 1.807) is 25.4 Å². The third-order valence-electron chi connectivity index (χ3n) is 5.97. The number of carbonyl (C=O) groups is 1. The van der Waals surface area contributed by atoms with Crippen molar-refractivity contribution in [3.05, 3.63) is 48.2 Å². The Morgan fingerprint density at radius 1 is 1.24 bits per heavy atom. The van der Waals surface area contributed by atoms with Gasteiger partial charge in [-0.25, -0.2) is 9.97 Å². The van der Waals surface area contributed by atoms with Crippen molar-refractivity contribution in [3.63, 3.8) is 0 Å². The fraction of sp³-hybridized carbons (Fsp3) is 0.304. The summed E-state index contributed by atoms with van der Waals surface area (Å²) < 4.78 is 5.25. The first-order valence-corrected chi connectivity index (χ1v) is 10.9. The third-order valence-corrected chi connectivity index (χ3v) is 5.97. The molecule has 0 spiro atoms. The number of imidazole rings is 1. The smallest absolute Gasteiger partial charge is 0.258 e. The summed E-state index contributed by atoms with van der Waals surface area (Å²) in [7, 11) is 1.62. The number of aromatic nitrogens is 5. The van der Waals surface area contributed by atoms with Crippen molar-refractivity contribution in [1.29, 1.82) is 0 Å². The minimum absolute atomic E-state index is 0.236. The predicted octanol–water partition coefficient (Wildman–Crippen LogP) is 2.82. The number of rotatable bonds is 6. The molecule has 1 saturated heterocycles. The van der Waals surface area contributed by atoms with Crippen LogP contribution in [0.15, 0.2) is 42.6 Å². The molecular formula is C23H25N7O3. The van der Waals surface area contributed by atoms with E-state index in [2.05, 4.69) is 35.4 Å². The van der Waals surface area contributed by atoms with Gasteiger partial charge in [0.05, 0.1) is 23.7 Å². The van der Waals surface area contributed by atoms with Gasteiger partial charge in [0.15, 0.2) is 11.6 Å². The summed E-state index contributed by atoms with van der Waals surface area (Å²) in [4.78, 5) is 27.1. The standard InChI is InChI=1S/C23H25N7O3/c1-33-16-3-4-17-18(10-16)26-22(25-17)19-11-20(29-28-19)27-23(32)15-2-5-21(24-12-15)30-8-6-14(13-31)7-9-30/h2-5,10-12,14,31H,6-9,13H2,1H3,(H,25,26)(H2,27,28,29,32). The second-order valence-corrected chi connectivity index (χ2v) is 8.11. The molecule has 1 amide bonds. The highest BCUT2D eigenvalue weighted by Gasteiger charge is 2.20. The number of pyridine rings is 1. The van der Waals surface area contributed by atoms with Crippen LogP contribution < -0.4 is 15.0 Å². The molecule has 33 heavy (non-hydrogen) atoms. The molecule has 1 fully saturated rings. The number of H-pyrrole nitrogens is 2. The minimum atomic E-state index is -0.291. The van der Waals surface area contributed by atoms with Gasteiger partial charge in [0.1, 0.15) is 17.3 Å². The Bertz CT molecular complexity index is 1260. The Labute approximate surface area is 190 Å². The summed E-state index contributed by atoms with van der Waals surface area (Å²) in [6.07, 6.45) is 3.46. The molecule has 1 aliphatic rings. The minimum Gasteiger partial charge on any atom is -0.497 e. The van der Waals surface area contributed by atoms with Gasteiger partial charge in [-0.05, 0) is 43.0 Å². The molecule has 0 radical (unpaired) electrons. The third kappa shape index (κ3) is 4.37. The maximum atomic E-state index is 12.7. The number of anilines is 2. The molecule has 5 rings (SSSR count). The van der Waals surface area contributed by atoms with Crippen molar-refractivity contribution in [1.82, 2.24) is 25.1 Å². The second kappa shape index (κ2) is 8.91. The van der Waals surface area contributed by atoms with Crippen molar-refractivity contribution in [2.45, 2.75) is 12.8 Å². The van der Waals surface area contributed by atoms with E-state index >= 15 is 0 Å². The normalized spacial score (nSPS) is 14.5. The zero-order valence-electron chi connectivity index (χ0n) is 18.2. The number of nitrogens with one attached hydrogen (secondary N) is 3. The van der Waals surface area contributed by atoms with E-state index < -0.39 is 0 Å². The number of nitrogens with zero attached hydrogens (tertiary/aromatic N) is 4. The van der Waals surface area contributed by atoms with Gasteiger partial charge in [-0.15, -0.1) is 0 Å². The van der Waals surface area contributed by atoms with Gasteiger partial charge in [0.2, 0.25) is 0 Å². The summed E-state index contributed by atoms with van der Waals surface area (Å²) in [6, 6.07) is 10.9. The summed E-state index contributed by atoms with van der Waals surface area (Å²) in [5.74, 6) is 2.66. The first-order valence-electron chi connectivity index (χ1n) is 10.9. The number of hydrogen-bond donors (Lipinski definition) is 4. The van der Waals surface area contributed by atoms with E-state index in [4.69, 9.17) is 4.74 Å². The molecule has 10 heteroatoms. The number of aliphatic hydroxyl groups excluding tert-OH is 1. The van der Waals surface area contributed by atoms with Gasteiger partial charge in [0.25, 0.3) is 5.91 Å². The molecule has 0 unspecified atom stereocenters. The van der Waals surface area contributed by atoms with Gasteiger partial charge < -0.3 is 25.0 Å². The van der Waals surface area contributed by atoms with Gasteiger partial charge in [-0.1, -0.05) is 0 Å². The molecule has 0 bridgehead atoms. The molecule has 4 aromatic rings. The van der Waals surface area contributed by atoms with Gasteiger partial charge in [-0.2, -0.15) is 5.10 Å². The first-order chi connectivity index (χ1) is 16.1. The Morgan fingerprint density at radius 2 is 2.09 bits per heavy atom. The topological polar surface area (TPSA) is 132 Å². The van der Waals surface area contributed by atoms with Crippen molar-refractivity contribution in [2.75, 3.05) is 37.0 Å². The van der Waals surface area contributed by atoms with E-state index in [-0.39, 0.29) is 12.5 Å². The number of hydrogen-bond acceptors (Lipinski definition) is 7. The fourth-order valence-corrected chi connectivity index (χ4v) is 3.99. The second-order valence-electron chi connectivity index (χ2n) is 8.11. The van der Waals surface area contributed by atoms with Crippen LogP contribution in [0, 0.1) is 5.92 Å². The summed E-state index contributed by atoms with van der Waals surface area (Å²) in [5.41, 5.74) is 2.75. The molecule has 170 valence electrons. The maximum absolute atomic E-state index is 12.7. The van der Waals surface area contributed by atoms with Crippen molar-refractivity contribution in [2.24, 2.45) is 5.92 Å². The lowest BCUT2D eigenvalue weighted by molar-refractivity contribution is 0.102. The lowest BCUT2D eigenvalue weighted by atomic mass is 9.98. The summed E-state index contributed by atoms with van der Waals surface area (Å²) in [6.45, 7) is 1.95. The highest BCUT2D eigenvalue weighted by Crippen LogP contribution is 2.24. The number of benzene rings is 1. The van der Waals surface area contributed by atoms with Crippen LogP contribution in [-0.4, -0.2) is 63.0 Å². The van der Waals surface area contributed by atoms with Gasteiger partial charge >= 0.3 is 0 Å². The van der Waals surface area contributed by atoms with Crippen LogP contribution in [0.3, 0.4) is 0 Å². The maximum Gasteiger partial charge on any atom is 0.258 e. The summed E-state index contributed by atoms with van der Waals surface area (Å²) >= 11 is 0. The van der Waals surface area contributed by atoms with Crippen LogP contribution in [0.4, 0.5) is 11.6 Å². The average molecular weight is 447 g/mol. The van der Waals surface area contributed by atoms with Gasteiger partial charge in [-0.3, -0.25) is 9.89 Å². The number of amides is 1. The Morgan fingerprint density at radius 3 is 2.82 bits per heavy atom. The number of piperidine rings is 1. The lowest BCUT2D eigenvalue weighted by Gasteiger charge is -2.31. The van der Waals surface area contributed by atoms with Crippen molar-refractivity contribution < 1.29 is 14.6 Å². The van der Waals surface area contributed by atoms with E-state index in [1.807, 2.05) is 24.3 Å². The SMILES string of the molecule is COc1ccc2nc(-c3cc(NC(=O)c4ccc(N5CCC(CO)CC5)nc4)n[nH]3)[nH]c2c1. The molecule has 0 saturated carbocycles. The quantitative estimate of drug-likeness (QED) is 0.357. The van der Waals surface area contributed by atoms with Crippen LogP contribution in [0.5, 0.6) is 5.75 Å². The number of methoxy groups -OCH3 is 1. The number of carbonyl (C=O) groups excluding carboxylic acids is 1. The Balaban J connectivity index is 1.24. The molecule has 1 aromatic carbocycles. The highest BCUT2D eigenvalue weighted by molar-refractivity contribution is 6.03. The average Bonchev–Trinajstić information content (AvgIpc) is 3.50. The molecule has 0 atom stereocenters. The highest BCUT2D eigenvalue weighted by atomic mass is 16.5. The van der Waals surface area contributed by atoms with Crippen LogP contribution >= 0.6 is 0 Å². The van der Waals surface area contributed by atoms with Crippen LogP contribution in [0.1, 0.15) is 23.2 Å². The number of aromatic amines is 2. The van der Waals surface area contributed by atoms with E-state index in [0.29, 0.717) is 28.8 Å². The zero-order valence-corrected chi connectivity index (χ0v) is 18.2. The largest absolute Gasteiger partial charge is 0.497 e. The molecule has 4 heterocycles. The van der Waals surface area contributed by atoms with E-state index in [9.17, 15) is 9.90 Å². The number of aliphatic hydroxyl groups is 1. The van der Waals surface area contributed by atoms with Crippen molar-refractivity contribution in [3.8, 4) is 17.3 Å². The van der Waals surface area contributed by atoms with Crippen LogP contribution in [-0.2, 0) is 0 Å². The number of fused-ring (bicyclic) bond motifs is 1. The number of ether oxygens (including phenoxy) is 1. The molecule has 0 aliphatic carbocycles. The van der Waals surface area contributed by atoms with E-state index in [1.165, 1.54) is 0 Å². The first kappa shape index (κ1) is 21.0. The fourth-order valence-electron chi connectivity index (χ4n) is 3.99. The Kier molecular flexibility index (Phi) is 5.66. The predicted molar refractivity (Wildman–Crippen MR) is 124 cm³/mol. The molecule has 1 aliphatic heterocycles. The Hall–Kier alpha value is -3.92. The molecular weight excluding hydrogens is 422 g/mol. The summed E-state index contributed by atoms with van der Waals surface area (Å²) in [5, 5.41) is 19.2. The lowest BCUT2D eigenvalue weighted by Crippen LogP contribution is -2.35. The monoisotopic (exact) mass is 447 g/mol. The molecule has 4 N–H and O–H groups in total.